The van der Waals surface area contributed by atoms with Crippen LogP contribution in [0.2, 0.25) is 0 Å². The van der Waals surface area contributed by atoms with Crippen molar-refractivity contribution in [1.29, 1.82) is 0 Å². The Kier molecular flexibility index (Phi) is 6.26. The molecule has 0 fully saturated rings. The lowest BCUT2D eigenvalue weighted by atomic mass is 10.7. The zero-order valence-electron chi connectivity index (χ0n) is 9.45. The molecule has 6 heteroatoms. The van der Waals surface area contributed by atoms with E-state index < -0.39 is 10.0 Å². The number of hydrazine groups is 1. The molecular weight excluding hydrogens is 202 g/mol. The molecule has 0 unspecified atom stereocenters. The van der Waals surface area contributed by atoms with Crippen molar-refractivity contribution in [1.82, 2.24) is 14.7 Å². The van der Waals surface area contributed by atoms with Gasteiger partial charge >= 0.3 is 0 Å². The smallest absolute Gasteiger partial charge is 0.215 e. The summed E-state index contributed by atoms with van der Waals surface area (Å²) < 4.78 is 24.4. The van der Waals surface area contributed by atoms with Crippen LogP contribution in [-0.2, 0) is 10.0 Å². The summed E-state index contributed by atoms with van der Waals surface area (Å²) in [5, 5.41) is 1.86. The molecule has 0 aliphatic carbocycles. The predicted molar refractivity (Wildman–Crippen MR) is 58.4 cm³/mol. The molecule has 86 valence electrons. The van der Waals surface area contributed by atoms with Crippen LogP contribution in [0.5, 0.6) is 0 Å². The van der Waals surface area contributed by atoms with Crippen LogP contribution in [0.4, 0.5) is 0 Å². The first kappa shape index (κ1) is 13.8. The van der Waals surface area contributed by atoms with E-state index in [9.17, 15) is 8.42 Å². The lowest BCUT2D eigenvalue weighted by Crippen LogP contribution is -2.40. The molecule has 0 heterocycles. The molecule has 0 aromatic carbocycles. The minimum atomic E-state index is -3.07. The van der Waals surface area contributed by atoms with Crippen molar-refractivity contribution in [3.63, 3.8) is 0 Å². The van der Waals surface area contributed by atoms with Crippen molar-refractivity contribution in [2.45, 2.75) is 13.8 Å². The molecule has 0 saturated carbocycles. The van der Waals surface area contributed by atoms with E-state index in [2.05, 4.69) is 5.43 Å². The van der Waals surface area contributed by atoms with Crippen molar-refractivity contribution in [2.75, 3.05) is 39.5 Å². The first-order valence-electron chi connectivity index (χ1n) is 4.82. The normalized spacial score (nSPS) is 12.7. The summed E-state index contributed by atoms with van der Waals surface area (Å²) in [5.41, 5.74) is 2.99. The van der Waals surface area contributed by atoms with Gasteiger partial charge in [0.05, 0.1) is 5.75 Å². The van der Waals surface area contributed by atoms with E-state index in [1.54, 1.807) is 7.05 Å². The standard InChI is InChI=1S/C8H21N3O2S/c1-5-10(3)9-7-8-14(12,13)11(4)6-2/h9H,5-8H2,1-4H3. The Balaban J connectivity index is 3.89. The van der Waals surface area contributed by atoms with Crippen molar-refractivity contribution in [3.05, 3.63) is 0 Å². The van der Waals surface area contributed by atoms with Crippen molar-refractivity contribution in [2.24, 2.45) is 0 Å². The molecular formula is C8H21N3O2S. The molecule has 0 aromatic rings. The Morgan fingerprint density at radius 2 is 1.71 bits per heavy atom. The fraction of sp³-hybridized carbons (Fsp3) is 1.00. The lowest BCUT2D eigenvalue weighted by Gasteiger charge is -2.18. The second-order valence-electron chi connectivity index (χ2n) is 3.15. The quantitative estimate of drug-likeness (QED) is 0.603. The topological polar surface area (TPSA) is 52.7 Å². The second kappa shape index (κ2) is 6.34. The maximum atomic E-state index is 11.5. The molecule has 0 aliphatic rings. The third-order valence-corrected chi connectivity index (χ3v) is 4.06. The highest BCUT2D eigenvalue weighted by atomic mass is 32.2. The second-order valence-corrected chi connectivity index (χ2v) is 5.35. The molecule has 0 radical (unpaired) electrons. The van der Waals surface area contributed by atoms with E-state index >= 15 is 0 Å². The van der Waals surface area contributed by atoms with Gasteiger partial charge in [0, 0.05) is 33.7 Å². The molecule has 0 saturated heterocycles. The maximum Gasteiger partial charge on any atom is 0.215 e. The number of sulfonamides is 1. The first-order valence-corrected chi connectivity index (χ1v) is 6.43. The molecule has 0 aromatic heterocycles. The summed E-state index contributed by atoms with van der Waals surface area (Å²) in [5.74, 6) is 0.141. The number of nitrogens with zero attached hydrogens (tertiary/aromatic N) is 2. The van der Waals surface area contributed by atoms with E-state index in [-0.39, 0.29) is 5.75 Å². The van der Waals surface area contributed by atoms with E-state index in [0.29, 0.717) is 13.1 Å². The minimum Gasteiger partial charge on any atom is -0.254 e. The summed E-state index contributed by atoms with van der Waals surface area (Å²) in [6.45, 7) is 5.65. The van der Waals surface area contributed by atoms with Crippen LogP contribution in [0.1, 0.15) is 13.8 Å². The zero-order valence-corrected chi connectivity index (χ0v) is 10.3. The highest BCUT2D eigenvalue weighted by Crippen LogP contribution is 1.95. The van der Waals surface area contributed by atoms with Gasteiger partial charge in [-0.2, -0.15) is 0 Å². The lowest BCUT2D eigenvalue weighted by molar-refractivity contribution is 0.255. The largest absolute Gasteiger partial charge is 0.254 e. The predicted octanol–water partition coefficient (Wildman–Crippen LogP) is -0.276. The SMILES string of the molecule is CCN(C)NCCS(=O)(=O)N(C)CC. The van der Waals surface area contributed by atoms with Crippen LogP contribution in [0, 0.1) is 0 Å². The van der Waals surface area contributed by atoms with Gasteiger partial charge in [0.25, 0.3) is 0 Å². The summed E-state index contributed by atoms with van der Waals surface area (Å²) in [6.07, 6.45) is 0. The molecule has 0 bridgehead atoms. The summed E-state index contributed by atoms with van der Waals surface area (Å²) >= 11 is 0. The van der Waals surface area contributed by atoms with Gasteiger partial charge in [-0.3, -0.25) is 5.43 Å². The number of hydrogen-bond acceptors (Lipinski definition) is 4. The molecule has 14 heavy (non-hydrogen) atoms. The van der Waals surface area contributed by atoms with Crippen LogP contribution in [0.25, 0.3) is 0 Å². The Bertz CT molecular complexity index is 241. The number of hydrogen-bond donors (Lipinski definition) is 1. The molecule has 0 rings (SSSR count). The van der Waals surface area contributed by atoms with E-state index in [1.165, 1.54) is 4.31 Å². The molecule has 0 amide bonds. The van der Waals surface area contributed by atoms with Crippen molar-refractivity contribution in [3.8, 4) is 0 Å². The minimum absolute atomic E-state index is 0.141. The molecule has 1 N–H and O–H groups in total. The monoisotopic (exact) mass is 223 g/mol. The van der Waals surface area contributed by atoms with Crippen LogP contribution in [0.15, 0.2) is 0 Å². The Hall–Kier alpha value is -0.170. The van der Waals surface area contributed by atoms with Gasteiger partial charge in [0.15, 0.2) is 0 Å². The average Bonchev–Trinajstić information content (AvgIpc) is 2.15. The van der Waals surface area contributed by atoms with Crippen LogP contribution < -0.4 is 5.43 Å². The van der Waals surface area contributed by atoms with Gasteiger partial charge in [-0.15, -0.1) is 0 Å². The Morgan fingerprint density at radius 3 is 2.14 bits per heavy atom. The van der Waals surface area contributed by atoms with Crippen LogP contribution >= 0.6 is 0 Å². The fourth-order valence-corrected chi connectivity index (χ4v) is 1.88. The summed E-state index contributed by atoms with van der Waals surface area (Å²) in [4.78, 5) is 0. The maximum absolute atomic E-state index is 11.5. The third kappa shape index (κ3) is 4.90. The Morgan fingerprint density at radius 1 is 1.14 bits per heavy atom. The van der Waals surface area contributed by atoms with Crippen LogP contribution in [-0.4, -0.2) is 57.2 Å². The number of nitrogens with one attached hydrogen (secondary N) is 1. The van der Waals surface area contributed by atoms with Gasteiger partial charge in [-0.05, 0) is 0 Å². The van der Waals surface area contributed by atoms with Gasteiger partial charge < -0.3 is 0 Å². The molecule has 0 atom stereocenters. The van der Waals surface area contributed by atoms with Gasteiger partial charge in [-0.1, -0.05) is 13.8 Å². The van der Waals surface area contributed by atoms with Gasteiger partial charge in [0.2, 0.25) is 10.0 Å². The fourth-order valence-electron chi connectivity index (χ4n) is 0.830. The zero-order chi connectivity index (χ0) is 11.2. The van der Waals surface area contributed by atoms with Gasteiger partial charge in [-0.25, -0.2) is 17.7 Å². The van der Waals surface area contributed by atoms with Crippen molar-refractivity contribution < 1.29 is 8.42 Å². The van der Waals surface area contributed by atoms with Crippen LogP contribution in [0.3, 0.4) is 0 Å². The van der Waals surface area contributed by atoms with Gasteiger partial charge in [0.1, 0.15) is 0 Å². The Labute approximate surface area is 87.1 Å². The third-order valence-electron chi connectivity index (χ3n) is 2.14. The average molecular weight is 223 g/mol. The number of rotatable bonds is 7. The van der Waals surface area contributed by atoms with E-state index in [4.69, 9.17) is 0 Å². The van der Waals surface area contributed by atoms with Crippen molar-refractivity contribution >= 4 is 10.0 Å². The molecule has 0 aliphatic heterocycles. The first-order chi connectivity index (χ1) is 6.44. The van der Waals surface area contributed by atoms with E-state index in [1.807, 2.05) is 25.9 Å². The van der Waals surface area contributed by atoms with E-state index in [0.717, 1.165) is 6.54 Å². The molecule has 5 nitrogen and oxygen atoms in total. The molecule has 0 spiro atoms. The summed E-state index contributed by atoms with van der Waals surface area (Å²) in [6, 6.07) is 0. The highest BCUT2D eigenvalue weighted by Gasteiger charge is 2.15. The highest BCUT2D eigenvalue weighted by molar-refractivity contribution is 7.89. The summed E-state index contributed by atoms with van der Waals surface area (Å²) in [7, 11) is 0.411.